The summed E-state index contributed by atoms with van der Waals surface area (Å²) in [5, 5.41) is 4.05. The predicted molar refractivity (Wildman–Crippen MR) is 122 cm³/mol. The molecule has 6 heteroatoms. The van der Waals surface area contributed by atoms with E-state index in [0.717, 1.165) is 32.5 Å². The van der Waals surface area contributed by atoms with Crippen molar-refractivity contribution in [2.75, 3.05) is 6.61 Å². The average Bonchev–Trinajstić information content (AvgIpc) is 2.73. The van der Waals surface area contributed by atoms with Crippen LogP contribution >= 0.6 is 15.9 Å². The molecule has 0 saturated carbocycles. The number of para-hydroxylation sites is 1. The Labute approximate surface area is 184 Å². The Balaban J connectivity index is 1.58. The number of halogens is 1. The minimum atomic E-state index is -0.337. The van der Waals surface area contributed by atoms with Crippen LogP contribution in [0, 0.1) is 13.8 Å². The first-order chi connectivity index (χ1) is 14.5. The topological polar surface area (TPSA) is 59.9 Å². The van der Waals surface area contributed by atoms with E-state index in [1.165, 1.54) is 0 Å². The van der Waals surface area contributed by atoms with Crippen LogP contribution in [0.25, 0.3) is 0 Å². The van der Waals surface area contributed by atoms with E-state index < -0.39 is 0 Å². The van der Waals surface area contributed by atoms with E-state index in [2.05, 4.69) is 26.5 Å². The summed E-state index contributed by atoms with van der Waals surface area (Å²) >= 11 is 3.45. The predicted octanol–water partition coefficient (Wildman–Crippen LogP) is 5.17. The Morgan fingerprint density at radius 3 is 2.47 bits per heavy atom. The number of nitrogens with zero attached hydrogens (tertiary/aromatic N) is 1. The molecule has 0 saturated heterocycles. The molecule has 0 bridgehead atoms. The molecule has 0 aliphatic heterocycles. The molecule has 1 N–H and O–H groups in total. The second-order valence-corrected chi connectivity index (χ2v) is 7.67. The molecular formula is C24H23BrN2O3. The van der Waals surface area contributed by atoms with Crippen LogP contribution in [0.5, 0.6) is 11.5 Å². The van der Waals surface area contributed by atoms with Crippen molar-refractivity contribution in [3.05, 3.63) is 93.5 Å². The summed E-state index contributed by atoms with van der Waals surface area (Å²) in [6, 6.07) is 21.4. The largest absolute Gasteiger partial charge is 0.488 e. The van der Waals surface area contributed by atoms with Gasteiger partial charge in [0.15, 0.2) is 6.61 Å². The molecule has 0 unspecified atom stereocenters. The molecule has 1 amide bonds. The molecule has 0 heterocycles. The molecule has 0 aliphatic carbocycles. The van der Waals surface area contributed by atoms with Crippen molar-refractivity contribution < 1.29 is 14.3 Å². The second-order valence-electron chi connectivity index (χ2n) is 6.76. The van der Waals surface area contributed by atoms with Gasteiger partial charge in [0.2, 0.25) is 0 Å². The van der Waals surface area contributed by atoms with Crippen molar-refractivity contribution in [3.63, 3.8) is 0 Å². The van der Waals surface area contributed by atoms with Crippen LogP contribution in [-0.4, -0.2) is 18.7 Å². The van der Waals surface area contributed by atoms with Crippen molar-refractivity contribution in [2.24, 2.45) is 5.10 Å². The zero-order valence-electron chi connectivity index (χ0n) is 16.9. The number of benzene rings is 3. The lowest BCUT2D eigenvalue weighted by molar-refractivity contribution is -0.123. The summed E-state index contributed by atoms with van der Waals surface area (Å²) in [6.07, 6.45) is 1.56. The van der Waals surface area contributed by atoms with Gasteiger partial charge in [-0.2, -0.15) is 5.10 Å². The monoisotopic (exact) mass is 466 g/mol. The molecule has 0 radical (unpaired) electrons. The molecular weight excluding hydrogens is 444 g/mol. The number of hydrogen-bond donors (Lipinski definition) is 1. The van der Waals surface area contributed by atoms with Gasteiger partial charge in [-0.15, -0.1) is 0 Å². The summed E-state index contributed by atoms with van der Waals surface area (Å²) in [4.78, 5) is 12.1. The first-order valence-corrected chi connectivity index (χ1v) is 10.3. The molecule has 0 aromatic heterocycles. The highest BCUT2D eigenvalue weighted by Crippen LogP contribution is 2.23. The summed E-state index contributed by atoms with van der Waals surface area (Å²) in [7, 11) is 0. The van der Waals surface area contributed by atoms with Gasteiger partial charge in [-0.05, 0) is 48.7 Å². The Bertz CT molecular complexity index is 1020. The van der Waals surface area contributed by atoms with Crippen LogP contribution in [0.1, 0.15) is 22.3 Å². The number of carbonyl (C=O) groups excluding carboxylic acids is 1. The molecule has 0 atom stereocenters. The highest BCUT2D eigenvalue weighted by atomic mass is 79.9. The maximum atomic E-state index is 12.1. The smallest absolute Gasteiger partial charge is 0.277 e. The highest BCUT2D eigenvalue weighted by molar-refractivity contribution is 9.10. The molecule has 3 aromatic carbocycles. The summed E-state index contributed by atoms with van der Waals surface area (Å²) in [5.41, 5.74) is 6.29. The van der Waals surface area contributed by atoms with Crippen LogP contribution in [0.15, 0.2) is 76.3 Å². The highest BCUT2D eigenvalue weighted by Gasteiger charge is 2.07. The van der Waals surface area contributed by atoms with Crippen molar-refractivity contribution >= 4 is 28.1 Å². The van der Waals surface area contributed by atoms with Crippen molar-refractivity contribution in [3.8, 4) is 11.5 Å². The fourth-order valence-electron chi connectivity index (χ4n) is 2.86. The van der Waals surface area contributed by atoms with Crippen LogP contribution in [-0.2, 0) is 11.4 Å². The summed E-state index contributed by atoms with van der Waals surface area (Å²) < 4.78 is 12.5. The van der Waals surface area contributed by atoms with E-state index in [-0.39, 0.29) is 12.5 Å². The average molecular weight is 467 g/mol. The summed E-state index contributed by atoms with van der Waals surface area (Å²) in [6.45, 7) is 4.23. The number of rotatable bonds is 8. The lowest BCUT2D eigenvalue weighted by Crippen LogP contribution is -2.25. The minimum absolute atomic E-state index is 0.112. The molecule has 5 nitrogen and oxygen atoms in total. The number of aryl methyl sites for hydroxylation is 2. The maximum absolute atomic E-state index is 12.1. The molecule has 0 aliphatic rings. The molecule has 0 fully saturated rings. The van der Waals surface area contributed by atoms with E-state index in [4.69, 9.17) is 9.47 Å². The van der Waals surface area contributed by atoms with Gasteiger partial charge in [0.05, 0.1) is 6.21 Å². The third-order valence-electron chi connectivity index (χ3n) is 4.36. The Hall–Kier alpha value is -3.12. The third kappa shape index (κ3) is 6.19. The Kier molecular flexibility index (Phi) is 7.63. The number of amides is 1. The van der Waals surface area contributed by atoms with Gasteiger partial charge < -0.3 is 9.47 Å². The zero-order valence-corrected chi connectivity index (χ0v) is 18.5. The first-order valence-electron chi connectivity index (χ1n) is 9.50. The van der Waals surface area contributed by atoms with Crippen molar-refractivity contribution in [1.82, 2.24) is 5.43 Å². The van der Waals surface area contributed by atoms with Crippen molar-refractivity contribution in [1.29, 1.82) is 0 Å². The number of hydrazone groups is 1. The van der Waals surface area contributed by atoms with E-state index in [1.807, 2.05) is 80.6 Å². The minimum Gasteiger partial charge on any atom is -0.488 e. The van der Waals surface area contributed by atoms with Crippen LogP contribution in [0.4, 0.5) is 0 Å². The number of ether oxygens (including phenoxy) is 2. The molecule has 154 valence electrons. The van der Waals surface area contributed by atoms with Gasteiger partial charge in [-0.1, -0.05) is 64.5 Å². The van der Waals surface area contributed by atoms with Gasteiger partial charge in [-0.3, -0.25) is 4.79 Å². The maximum Gasteiger partial charge on any atom is 0.277 e. The van der Waals surface area contributed by atoms with Gasteiger partial charge in [0.25, 0.3) is 5.91 Å². The lowest BCUT2D eigenvalue weighted by atomic mass is 10.1. The fourth-order valence-corrected chi connectivity index (χ4v) is 3.24. The quantitative estimate of drug-likeness (QED) is 0.367. The lowest BCUT2D eigenvalue weighted by Gasteiger charge is -2.11. The standard InChI is InChI=1S/C24H23BrN2O3/c1-17-7-6-8-18(2)24(17)30-16-23(28)27-26-14-20-13-21(25)11-12-22(20)29-15-19-9-4-3-5-10-19/h3-14H,15-16H2,1-2H3,(H,27,28)/b26-14-. The first kappa shape index (κ1) is 21.6. The van der Waals surface area contributed by atoms with Crippen LogP contribution in [0.2, 0.25) is 0 Å². The zero-order chi connectivity index (χ0) is 21.3. The number of hydrogen-bond acceptors (Lipinski definition) is 4. The van der Waals surface area contributed by atoms with E-state index in [9.17, 15) is 4.79 Å². The number of carbonyl (C=O) groups is 1. The normalized spacial score (nSPS) is 10.8. The second kappa shape index (κ2) is 10.6. The van der Waals surface area contributed by atoms with Crippen LogP contribution < -0.4 is 14.9 Å². The molecule has 30 heavy (non-hydrogen) atoms. The third-order valence-corrected chi connectivity index (χ3v) is 4.85. The van der Waals surface area contributed by atoms with Gasteiger partial charge in [-0.25, -0.2) is 5.43 Å². The van der Waals surface area contributed by atoms with E-state index in [0.29, 0.717) is 12.4 Å². The van der Waals surface area contributed by atoms with Gasteiger partial charge in [0.1, 0.15) is 18.1 Å². The fraction of sp³-hybridized carbons (Fsp3) is 0.167. The Morgan fingerprint density at radius 2 is 1.73 bits per heavy atom. The molecule has 3 rings (SSSR count). The van der Waals surface area contributed by atoms with Crippen LogP contribution in [0.3, 0.4) is 0 Å². The Morgan fingerprint density at radius 1 is 1.00 bits per heavy atom. The van der Waals surface area contributed by atoms with Crippen molar-refractivity contribution in [2.45, 2.75) is 20.5 Å². The van der Waals surface area contributed by atoms with Gasteiger partial charge >= 0.3 is 0 Å². The molecule has 0 spiro atoms. The van der Waals surface area contributed by atoms with E-state index >= 15 is 0 Å². The molecule has 3 aromatic rings. The van der Waals surface area contributed by atoms with E-state index in [1.54, 1.807) is 6.21 Å². The SMILES string of the molecule is Cc1cccc(C)c1OCC(=O)N/N=C\c1cc(Br)ccc1OCc1ccccc1. The summed E-state index contributed by atoms with van der Waals surface area (Å²) in [5.74, 6) is 1.06. The van der Waals surface area contributed by atoms with Gasteiger partial charge in [0, 0.05) is 10.0 Å². The number of nitrogens with one attached hydrogen (secondary N) is 1.